The van der Waals surface area contributed by atoms with E-state index in [0.717, 1.165) is 26.2 Å². The second-order valence-electron chi connectivity index (χ2n) is 3.27. The highest BCUT2D eigenvalue weighted by molar-refractivity contribution is 5.69. The van der Waals surface area contributed by atoms with Gasteiger partial charge in [-0.2, -0.15) is 0 Å². The van der Waals surface area contributed by atoms with Gasteiger partial charge >= 0.3 is 5.97 Å². The lowest BCUT2D eigenvalue weighted by Crippen LogP contribution is -2.51. The van der Waals surface area contributed by atoms with Crippen LogP contribution in [0.1, 0.15) is 13.3 Å². The molecular weight excluding hydrogens is 168 g/mol. The first-order valence-electron chi connectivity index (χ1n) is 4.79. The fourth-order valence-electron chi connectivity index (χ4n) is 1.70. The number of nitrogens with one attached hydrogen (secondary N) is 1. The highest BCUT2D eigenvalue weighted by Crippen LogP contribution is 2.07. The standard InChI is InChI=1S/C9H18N2O2/c1-3-11-5-4-10-7-8(11)6-9(12)13-2/h8,10H,3-7H2,1-2H3. The van der Waals surface area contributed by atoms with Crippen molar-refractivity contribution in [2.24, 2.45) is 0 Å². The Hall–Kier alpha value is -0.610. The van der Waals surface area contributed by atoms with Crippen LogP contribution in [0.3, 0.4) is 0 Å². The minimum atomic E-state index is -0.118. The zero-order valence-corrected chi connectivity index (χ0v) is 8.38. The van der Waals surface area contributed by atoms with Crippen molar-refractivity contribution in [1.82, 2.24) is 10.2 Å². The number of likely N-dealkylation sites (N-methyl/N-ethyl adjacent to an activating group) is 1. The molecule has 13 heavy (non-hydrogen) atoms. The summed E-state index contributed by atoms with van der Waals surface area (Å²) in [4.78, 5) is 13.4. The van der Waals surface area contributed by atoms with E-state index in [2.05, 4.69) is 21.9 Å². The van der Waals surface area contributed by atoms with Crippen LogP contribution in [-0.4, -0.2) is 50.2 Å². The molecule has 1 unspecified atom stereocenters. The molecule has 0 saturated carbocycles. The topological polar surface area (TPSA) is 41.6 Å². The molecule has 0 aliphatic carbocycles. The molecule has 1 fully saturated rings. The third-order valence-corrected chi connectivity index (χ3v) is 2.51. The number of carbonyl (C=O) groups excluding carboxylic acids is 1. The fraction of sp³-hybridized carbons (Fsp3) is 0.889. The first-order valence-corrected chi connectivity index (χ1v) is 4.79. The van der Waals surface area contributed by atoms with E-state index in [1.807, 2.05) is 0 Å². The minimum absolute atomic E-state index is 0.118. The Kier molecular flexibility index (Phi) is 4.18. The molecule has 1 aliphatic heterocycles. The van der Waals surface area contributed by atoms with Gasteiger partial charge in [-0.05, 0) is 6.54 Å². The molecule has 0 aromatic heterocycles. The van der Waals surface area contributed by atoms with Gasteiger partial charge in [0.15, 0.2) is 0 Å². The molecule has 1 rings (SSSR count). The molecule has 4 nitrogen and oxygen atoms in total. The van der Waals surface area contributed by atoms with Gasteiger partial charge in [-0.1, -0.05) is 6.92 Å². The van der Waals surface area contributed by atoms with Gasteiger partial charge < -0.3 is 10.1 Å². The zero-order chi connectivity index (χ0) is 9.68. The predicted molar refractivity (Wildman–Crippen MR) is 50.5 cm³/mol. The summed E-state index contributed by atoms with van der Waals surface area (Å²) in [5.74, 6) is -0.118. The van der Waals surface area contributed by atoms with Crippen molar-refractivity contribution in [2.45, 2.75) is 19.4 Å². The zero-order valence-electron chi connectivity index (χ0n) is 8.38. The van der Waals surface area contributed by atoms with E-state index in [-0.39, 0.29) is 5.97 Å². The smallest absolute Gasteiger partial charge is 0.307 e. The van der Waals surface area contributed by atoms with Crippen LogP contribution in [0.4, 0.5) is 0 Å². The molecule has 76 valence electrons. The maximum absolute atomic E-state index is 11.1. The average molecular weight is 186 g/mol. The second kappa shape index (κ2) is 5.19. The van der Waals surface area contributed by atoms with Crippen LogP contribution in [0.15, 0.2) is 0 Å². The number of rotatable bonds is 3. The van der Waals surface area contributed by atoms with Crippen LogP contribution >= 0.6 is 0 Å². The second-order valence-corrected chi connectivity index (χ2v) is 3.27. The Morgan fingerprint density at radius 1 is 1.69 bits per heavy atom. The number of methoxy groups -OCH3 is 1. The Balaban J connectivity index is 2.40. The van der Waals surface area contributed by atoms with Crippen molar-refractivity contribution < 1.29 is 9.53 Å². The fourth-order valence-corrected chi connectivity index (χ4v) is 1.70. The Labute approximate surface area is 79.2 Å². The number of hydrogen-bond donors (Lipinski definition) is 1. The maximum atomic E-state index is 11.1. The van der Waals surface area contributed by atoms with E-state index in [9.17, 15) is 4.79 Å². The van der Waals surface area contributed by atoms with Crippen molar-refractivity contribution in [2.75, 3.05) is 33.3 Å². The molecule has 0 amide bonds. The van der Waals surface area contributed by atoms with Crippen LogP contribution in [0.2, 0.25) is 0 Å². The Bertz CT molecular complexity index is 173. The number of carbonyl (C=O) groups is 1. The summed E-state index contributed by atoms with van der Waals surface area (Å²) < 4.78 is 4.65. The van der Waals surface area contributed by atoms with E-state index in [0.29, 0.717) is 12.5 Å². The SMILES string of the molecule is CCN1CCNCC1CC(=O)OC. The van der Waals surface area contributed by atoms with Crippen LogP contribution in [0, 0.1) is 0 Å². The number of piperazine rings is 1. The van der Waals surface area contributed by atoms with Gasteiger partial charge in [-0.25, -0.2) is 0 Å². The lowest BCUT2D eigenvalue weighted by Gasteiger charge is -2.34. The summed E-state index contributed by atoms with van der Waals surface area (Å²) in [6.45, 7) is 6.06. The molecule has 0 aromatic rings. The van der Waals surface area contributed by atoms with E-state index in [1.165, 1.54) is 7.11 Å². The molecule has 1 N–H and O–H groups in total. The quantitative estimate of drug-likeness (QED) is 0.622. The van der Waals surface area contributed by atoms with Crippen molar-refractivity contribution in [1.29, 1.82) is 0 Å². The van der Waals surface area contributed by atoms with Gasteiger partial charge in [-0.3, -0.25) is 9.69 Å². The molecular formula is C9H18N2O2. The van der Waals surface area contributed by atoms with Crippen LogP contribution < -0.4 is 5.32 Å². The van der Waals surface area contributed by atoms with Crippen LogP contribution in [-0.2, 0) is 9.53 Å². The minimum Gasteiger partial charge on any atom is -0.469 e. The molecule has 0 bridgehead atoms. The van der Waals surface area contributed by atoms with E-state index in [1.54, 1.807) is 0 Å². The van der Waals surface area contributed by atoms with Gasteiger partial charge in [-0.15, -0.1) is 0 Å². The lowest BCUT2D eigenvalue weighted by atomic mass is 10.1. The molecule has 0 radical (unpaired) electrons. The summed E-state index contributed by atoms with van der Waals surface area (Å²) in [5.41, 5.74) is 0. The highest BCUT2D eigenvalue weighted by Gasteiger charge is 2.23. The van der Waals surface area contributed by atoms with Crippen molar-refractivity contribution in [3.63, 3.8) is 0 Å². The van der Waals surface area contributed by atoms with Gasteiger partial charge in [0.25, 0.3) is 0 Å². The summed E-state index contributed by atoms with van der Waals surface area (Å²) in [7, 11) is 1.44. The lowest BCUT2D eigenvalue weighted by molar-refractivity contribution is -0.142. The molecule has 1 heterocycles. The maximum Gasteiger partial charge on any atom is 0.307 e. The van der Waals surface area contributed by atoms with E-state index in [4.69, 9.17) is 0 Å². The predicted octanol–water partition coefficient (Wildman–Crippen LogP) is -0.157. The van der Waals surface area contributed by atoms with Gasteiger partial charge in [0.2, 0.25) is 0 Å². The summed E-state index contributed by atoms with van der Waals surface area (Å²) in [5, 5.41) is 3.28. The number of hydrogen-bond acceptors (Lipinski definition) is 4. The average Bonchev–Trinajstić information content (AvgIpc) is 2.18. The summed E-state index contributed by atoms with van der Waals surface area (Å²) in [6, 6.07) is 0.311. The first-order chi connectivity index (χ1) is 6.27. The Morgan fingerprint density at radius 3 is 3.08 bits per heavy atom. The molecule has 1 atom stereocenters. The van der Waals surface area contributed by atoms with E-state index >= 15 is 0 Å². The summed E-state index contributed by atoms with van der Waals surface area (Å²) >= 11 is 0. The summed E-state index contributed by atoms with van der Waals surface area (Å²) in [6.07, 6.45) is 0.497. The largest absolute Gasteiger partial charge is 0.469 e. The van der Waals surface area contributed by atoms with Gasteiger partial charge in [0.05, 0.1) is 13.5 Å². The third kappa shape index (κ3) is 2.97. The number of nitrogens with zero attached hydrogens (tertiary/aromatic N) is 1. The van der Waals surface area contributed by atoms with E-state index < -0.39 is 0 Å². The number of esters is 1. The van der Waals surface area contributed by atoms with Crippen LogP contribution in [0.5, 0.6) is 0 Å². The normalized spacial score (nSPS) is 24.3. The molecule has 0 spiro atoms. The van der Waals surface area contributed by atoms with Gasteiger partial charge in [0.1, 0.15) is 0 Å². The highest BCUT2D eigenvalue weighted by atomic mass is 16.5. The first kappa shape index (κ1) is 10.5. The third-order valence-electron chi connectivity index (χ3n) is 2.51. The molecule has 4 heteroatoms. The Morgan fingerprint density at radius 2 is 2.46 bits per heavy atom. The monoisotopic (exact) mass is 186 g/mol. The van der Waals surface area contributed by atoms with Crippen molar-refractivity contribution in [3.05, 3.63) is 0 Å². The van der Waals surface area contributed by atoms with Gasteiger partial charge in [0, 0.05) is 25.7 Å². The van der Waals surface area contributed by atoms with Crippen molar-refractivity contribution >= 4 is 5.97 Å². The molecule has 0 aromatic carbocycles. The van der Waals surface area contributed by atoms with Crippen LogP contribution in [0.25, 0.3) is 0 Å². The number of ether oxygens (including phenoxy) is 1. The molecule has 1 aliphatic rings. The molecule has 1 saturated heterocycles. The van der Waals surface area contributed by atoms with Crippen molar-refractivity contribution in [3.8, 4) is 0 Å².